The van der Waals surface area contributed by atoms with Gasteiger partial charge in [0.1, 0.15) is 5.75 Å². The van der Waals surface area contributed by atoms with Crippen molar-refractivity contribution >= 4 is 22.5 Å². The van der Waals surface area contributed by atoms with Gasteiger partial charge in [0.25, 0.3) is 0 Å². The Morgan fingerprint density at radius 1 is 1.40 bits per heavy atom. The SMILES string of the molecule is CCCC[C@@H]1C=CCn2c1c(Cl)c1cc(OC)ccc12. The summed E-state index contributed by atoms with van der Waals surface area (Å²) < 4.78 is 7.66. The van der Waals surface area contributed by atoms with Gasteiger partial charge in [0.15, 0.2) is 0 Å². The smallest absolute Gasteiger partial charge is 0.119 e. The van der Waals surface area contributed by atoms with Gasteiger partial charge in [-0.25, -0.2) is 0 Å². The zero-order chi connectivity index (χ0) is 14.1. The lowest BCUT2D eigenvalue weighted by molar-refractivity contribution is 0.415. The first-order valence-corrected chi connectivity index (χ1v) is 7.66. The number of hydrogen-bond donors (Lipinski definition) is 0. The first-order valence-electron chi connectivity index (χ1n) is 7.28. The summed E-state index contributed by atoms with van der Waals surface area (Å²) in [5.74, 6) is 1.30. The number of benzene rings is 1. The number of nitrogens with zero attached hydrogens (tertiary/aromatic N) is 1. The van der Waals surface area contributed by atoms with Gasteiger partial charge < -0.3 is 9.30 Å². The molecule has 2 nitrogen and oxygen atoms in total. The van der Waals surface area contributed by atoms with Crippen molar-refractivity contribution in [2.45, 2.75) is 38.6 Å². The molecule has 2 aromatic rings. The van der Waals surface area contributed by atoms with Crippen molar-refractivity contribution < 1.29 is 4.74 Å². The second-order valence-corrected chi connectivity index (χ2v) is 5.75. The van der Waals surface area contributed by atoms with E-state index in [1.165, 1.54) is 30.5 Å². The Morgan fingerprint density at radius 2 is 2.25 bits per heavy atom. The van der Waals surface area contributed by atoms with Crippen LogP contribution in [0.25, 0.3) is 10.9 Å². The van der Waals surface area contributed by atoms with Crippen LogP contribution in [-0.4, -0.2) is 11.7 Å². The van der Waals surface area contributed by atoms with Crippen molar-refractivity contribution in [1.82, 2.24) is 4.57 Å². The minimum Gasteiger partial charge on any atom is -0.497 e. The molecule has 0 amide bonds. The van der Waals surface area contributed by atoms with Crippen LogP contribution in [-0.2, 0) is 6.54 Å². The fourth-order valence-electron chi connectivity index (χ4n) is 3.08. The summed E-state index contributed by atoms with van der Waals surface area (Å²) in [5, 5.41) is 2.00. The van der Waals surface area contributed by atoms with Gasteiger partial charge in [0.05, 0.1) is 17.6 Å². The molecule has 0 unspecified atom stereocenters. The van der Waals surface area contributed by atoms with Crippen molar-refractivity contribution in [2.24, 2.45) is 0 Å². The molecule has 0 saturated carbocycles. The van der Waals surface area contributed by atoms with Gasteiger partial charge in [-0.2, -0.15) is 0 Å². The summed E-state index contributed by atoms with van der Waals surface area (Å²) in [4.78, 5) is 0. The minimum atomic E-state index is 0.439. The molecule has 3 heteroatoms. The number of rotatable bonds is 4. The Kier molecular flexibility index (Phi) is 3.75. The number of aromatic nitrogens is 1. The second-order valence-electron chi connectivity index (χ2n) is 5.37. The standard InChI is InChI=1S/C17H20ClNO/c1-3-4-6-12-7-5-10-19-15-9-8-13(20-2)11-14(15)16(18)17(12)19/h5,7-9,11-12H,3-4,6,10H2,1-2H3/t12-/m1/s1. The summed E-state index contributed by atoms with van der Waals surface area (Å²) in [6.07, 6.45) is 8.19. The van der Waals surface area contributed by atoms with Gasteiger partial charge in [-0.05, 0) is 24.6 Å². The number of ether oxygens (including phenoxy) is 1. The fraction of sp³-hybridized carbons (Fsp3) is 0.412. The van der Waals surface area contributed by atoms with E-state index in [1.807, 2.05) is 12.1 Å². The minimum absolute atomic E-state index is 0.439. The number of methoxy groups -OCH3 is 1. The fourth-order valence-corrected chi connectivity index (χ4v) is 3.47. The largest absolute Gasteiger partial charge is 0.497 e. The predicted octanol–water partition coefficient (Wildman–Crippen LogP) is 5.15. The van der Waals surface area contributed by atoms with Crippen molar-refractivity contribution in [3.63, 3.8) is 0 Å². The molecular weight excluding hydrogens is 270 g/mol. The topological polar surface area (TPSA) is 14.2 Å². The first kappa shape index (κ1) is 13.6. The molecule has 2 heterocycles. The van der Waals surface area contributed by atoms with E-state index in [0.29, 0.717) is 5.92 Å². The molecule has 1 aromatic heterocycles. The third-order valence-electron chi connectivity index (χ3n) is 4.12. The van der Waals surface area contributed by atoms with E-state index in [4.69, 9.17) is 16.3 Å². The van der Waals surface area contributed by atoms with Crippen LogP contribution >= 0.6 is 11.6 Å². The summed E-state index contributed by atoms with van der Waals surface area (Å²) in [7, 11) is 1.69. The molecule has 0 saturated heterocycles. The normalized spacial score (nSPS) is 17.4. The van der Waals surface area contributed by atoms with Crippen LogP contribution in [0.2, 0.25) is 5.02 Å². The van der Waals surface area contributed by atoms with E-state index in [9.17, 15) is 0 Å². The van der Waals surface area contributed by atoms with Crippen LogP contribution < -0.4 is 4.74 Å². The molecule has 1 atom stereocenters. The average Bonchev–Trinajstić information content (AvgIpc) is 2.78. The Labute approximate surface area is 125 Å². The summed E-state index contributed by atoms with van der Waals surface area (Å²) >= 11 is 6.67. The molecule has 1 aromatic carbocycles. The predicted molar refractivity (Wildman–Crippen MR) is 84.9 cm³/mol. The van der Waals surface area contributed by atoms with Crippen LogP contribution in [0.4, 0.5) is 0 Å². The lowest BCUT2D eigenvalue weighted by atomic mass is 9.96. The lowest BCUT2D eigenvalue weighted by Crippen LogP contribution is -2.10. The zero-order valence-corrected chi connectivity index (χ0v) is 12.8. The van der Waals surface area contributed by atoms with E-state index in [2.05, 4.69) is 29.7 Å². The maximum absolute atomic E-state index is 6.67. The van der Waals surface area contributed by atoms with E-state index >= 15 is 0 Å². The van der Waals surface area contributed by atoms with Crippen LogP contribution in [0.15, 0.2) is 30.4 Å². The van der Waals surface area contributed by atoms with Crippen LogP contribution in [0.3, 0.4) is 0 Å². The van der Waals surface area contributed by atoms with Crippen LogP contribution in [0.1, 0.15) is 37.8 Å². The number of unbranched alkanes of at least 4 members (excludes halogenated alkanes) is 1. The van der Waals surface area contributed by atoms with Gasteiger partial charge >= 0.3 is 0 Å². The van der Waals surface area contributed by atoms with Gasteiger partial charge in [-0.3, -0.25) is 0 Å². The molecule has 3 rings (SSSR count). The molecule has 0 fully saturated rings. The van der Waals surface area contributed by atoms with E-state index in [-0.39, 0.29) is 0 Å². The van der Waals surface area contributed by atoms with E-state index < -0.39 is 0 Å². The molecule has 0 radical (unpaired) electrons. The van der Waals surface area contributed by atoms with Crippen molar-refractivity contribution in [1.29, 1.82) is 0 Å². The molecule has 0 N–H and O–H groups in total. The van der Waals surface area contributed by atoms with Gasteiger partial charge in [0.2, 0.25) is 0 Å². The molecule has 1 aliphatic heterocycles. The monoisotopic (exact) mass is 289 g/mol. The second kappa shape index (κ2) is 5.53. The highest BCUT2D eigenvalue weighted by molar-refractivity contribution is 6.36. The highest BCUT2D eigenvalue weighted by atomic mass is 35.5. The maximum atomic E-state index is 6.67. The number of hydrogen-bond acceptors (Lipinski definition) is 1. The molecule has 0 bridgehead atoms. The third kappa shape index (κ3) is 2.12. The molecule has 1 aliphatic rings. The van der Waals surface area contributed by atoms with E-state index in [1.54, 1.807) is 7.11 Å². The van der Waals surface area contributed by atoms with Gasteiger partial charge in [-0.1, -0.05) is 43.5 Å². The average molecular weight is 290 g/mol. The Hall–Kier alpha value is -1.41. The molecule has 106 valence electrons. The van der Waals surface area contributed by atoms with Crippen LogP contribution in [0, 0.1) is 0 Å². The van der Waals surface area contributed by atoms with Crippen molar-refractivity contribution in [2.75, 3.05) is 7.11 Å². The quantitative estimate of drug-likeness (QED) is 0.710. The number of fused-ring (bicyclic) bond motifs is 3. The number of halogens is 1. The molecular formula is C17H20ClNO. The van der Waals surface area contributed by atoms with Gasteiger partial charge in [0, 0.05) is 23.5 Å². The summed E-state index contributed by atoms with van der Waals surface area (Å²) in [6, 6.07) is 6.16. The highest BCUT2D eigenvalue weighted by Gasteiger charge is 2.23. The van der Waals surface area contributed by atoms with Crippen LogP contribution in [0.5, 0.6) is 5.75 Å². The number of allylic oxidation sites excluding steroid dienone is 2. The zero-order valence-electron chi connectivity index (χ0n) is 12.0. The van der Waals surface area contributed by atoms with Crippen molar-refractivity contribution in [3.05, 3.63) is 41.1 Å². The molecule has 0 spiro atoms. The third-order valence-corrected chi connectivity index (χ3v) is 4.52. The molecule has 0 aliphatic carbocycles. The van der Waals surface area contributed by atoms with E-state index in [0.717, 1.165) is 22.7 Å². The Balaban J connectivity index is 2.12. The highest BCUT2D eigenvalue weighted by Crippen LogP contribution is 2.40. The summed E-state index contributed by atoms with van der Waals surface area (Å²) in [6.45, 7) is 3.14. The Bertz CT molecular complexity index is 657. The Morgan fingerprint density at radius 3 is 3.00 bits per heavy atom. The van der Waals surface area contributed by atoms with Gasteiger partial charge in [-0.15, -0.1) is 0 Å². The first-order chi connectivity index (χ1) is 9.76. The lowest BCUT2D eigenvalue weighted by Gasteiger charge is -2.21. The summed E-state index contributed by atoms with van der Waals surface area (Å²) in [5.41, 5.74) is 2.47. The van der Waals surface area contributed by atoms with Crippen molar-refractivity contribution in [3.8, 4) is 5.75 Å². The maximum Gasteiger partial charge on any atom is 0.119 e. The molecule has 20 heavy (non-hydrogen) atoms.